The van der Waals surface area contributed by atoms with Crippen molar-refractivity contribution in [3.8, 4) is 0 Å². The van der Waals surface area contributed by atoms with E-state index < -0.39 is 0 Å². The molecule has 1 fully saturated rings. The molecule has 0 bridgehead atoms. The third kappa shape index (κ3) is 2.40. The molecule has 2 heterocycles. The Bertz CT molecular complexity index is 517. The Labute approximate surface area is 120 Å². The summed E-state index contributed by atoms with van der Waals surface area (Å²) in [7, 11) is 0. The second-order valence-electron chi connectivity index (χ2n) is 5.03. The normalized spacial score (nSPS) is 17.4. The van der Waals surface area contributed by atoms with Crippen LogP contribution in [0.1, 0.15) is 17.5 Å². The van der Waals surface area contributed by atoms with Gasteiger partial charge in [-0.1, -0.05) is 28.1 Å². The lowest BCUT2D eigenvalue weighted by Gasteiger charge is -2.43. The summed E-state index contributed by atoms with van der Waals surface area (Å²) in [5.74, 6) is 0. The van der Waals surface area contributed by atoms with Crippen molar-refractivity contribution in [2.45, 2.75) is 18.3 Å². The van der Waals surface area contributed by atoms with E-state index in [1.165, 1.54) is 28.4 Å². The molecule has 94 valence electrons. The van der Waals surface area contributed by atoms with Crippen molar-refractivity contribution in [3.63, 3.8) is 0 Å². The number of thiophene rings is 1. The van der Waals surface area contributed by atoms with Gasteiger partial charge in [0.05, 0.1) is 0 Å². The first-order valence-electron chi connectivity index (χ1n) is 6.26. The SMILES string of the molecule is Brc1cccc(C2(CCc3ccsc3)CNC2)c1. The Morgan fingerprint density at radius 2 is 2.17 bits per heavy atom. The van der Waals surface area contributed by atoms with E-state index in [1.54, 1.807) is 11.3 Å². The van der Waals surface area contributed by atoms with Crippen molar-refractivity contribution >= 4 is 27.3 Å². The van der Waals surface area contributed by atoms with E-state index in [1.807, 2.05) is 0 Å². The lowest BCUT2D eigenvalue weighted by molar-refractivity contribution is 0.258. The number of hydrogen-bond donors (Lipinski definition) is 1. The molecule has 0 amide bonds. The van der Waals surface area contributed by atoms with Crippen LogP contribution in [0.2, 0.25) is 0 Å². The van der Waals surface area contributed by atoms with Crippen LogP contribution in [-0.4, -0.2) is 13.1 Å². The molecular formula is C15H16BrNS. The fourth-order valence-corrected chi connectivity index (χ4v) is 3.69. The van der Waals surface area contributed by atoms with Crippen LogP contribution in [0.25, 0.3) is 0 Å². The molecule has 1 N–H and O–H groups in total. The topological polar surface area (TPSA) is 12.0 Å². The van der Waals surface area contributed by atoms with Gasteiger partial charge in [-0.25, -0.2) is 0 Å². The van der Waals surface area contributed by atoms with Gasteiger partial charge in [0.2, 0.25) is 0 Å². The van der Waals surface area contributed by atoms with Crippen LogP contribution in [0, 0.1) is 0 Å². The minimum absolute atomic E-state index is 0.339. The highest BCUT2D eigenvalue weighted by molar-refractivity contribution is 9.10. The Morgan fingerprint density at radius 1 is 1.28 bits per heavy atom. The molecule has 1 aromatic heterocycles. The largest absolute Gasteiger partial charge is 0.315 e. The molecule has 0 atom stereocenters. The summed E-state index contributed by atoms with van der Waals surface area (Å²) in [4.78, 5) is 0. The predicted octanol–water partition coefficient (Wildman–Crippen LogP) is 3.98. The lowest BCUT2D eigenvalue weighted by Crippen LogP contribution is -2.57. The zero-order valence-electron chi connectivity index (χ0n) is 10.2. The first-order valence-corrected chi connectivity index (χ1v) is 8.00. The highest BCUT2D eigenvalue weighted by atomic mass is 79.9. The lowest BCUT2D eigenvalue weighted by atomic mass is 9.71. The molecule has 0 aliphatic carbocycles. The maximum atomic E-state index is 3.58. The van der Waals surface area contributed by atoms with E-state index in [2.05, 4.69) is 62.3 Å². The third-order valence-corrected chi connectivity index (χ3v) is 5.06. The molecule has 3 heteroatoms. The quantitative estimate of drug-likeness (QED) is 0.898. The number of hydrogen-bond acceptors (Lipinski definition) is 2. The Hall–Kier alpha value is -0.640. The smallest absolute Gasteiger partial charge is 0.0206 e. The van der Waals surface area contributed by atoms with Gasteiger partial charge in [-0.3, -0.25) is 0 Å². The first-order chi connectivity index (χ1) is 8.78. The molecule has 1 aliphatic heterocycles. The molecule has 0 spiro atoms. The Morgan fingerprint density at radius 3 is 2.78 bits per heavy atom. The van der Waals surface area contributed by atoms with Crippen molar-refractivity contribution in [3.05, 3.63) is 56.7 Å². The third-order valence-electron chi connectivity index (χ3n) is 3.84. The number of rotatable bonds is 4. The van der Waals surface area contributed by atoms with Gasteiger partial charge in [0.25, 0.3) is 0 Å². The van der Waals surface area contributed by atoms with Crippen LogP contribution in [0.5, 0.6) is 0 Å². The van der Waals surface area contributed by atoms with Gasteiger partial charge >= 0.3 is 0 Å². The fourth-order valence-electron chi connectivity index (χ4n) is 2.59. The summed E-state index contributed by atoms with van der Waals surface area (Å²) in [5.41, 5.74) is 3.28. The summed E-state index contributed by atoms with van der Waals surface area (Å²) in [6, 6.07) is 11.0. The van der Waals surface area contributed by atoms with Gasteiger partial charge in [-0.2, -0.15) is 11.3 Å². The zero-order valence-corrected chi connectivity index (χ0v) is 12.6. The molecule has 2 aromatic rings. The molecule has 0 unspecified atom stereocenters. The number of nitrogens with one attached hydrogen (secondary N) is 1. The van der Waals surface area contributed by atoms with E-state index in [0.29, 0.717) is 5.41 Å². The van der Waals surface area contributed by atoms with Gasteiger partial charge in [0, 0.05) is 23.0 Å². The predicted molar refractivity (Wildman–Crippen MR) is 81.3 cm³/mol. The van der Waals surface area contributed by atoms with Gasteiger partial charge < -0.3 is 5.32 Å². The van der Waals surface area contributed by atoms with E-state index in [0.717, 1.165) is 13.1 Å². The van der Waals surface area contributed by atoms with Crippen molar-refractivity contribution in [1.29, 1.82) is 0 Å². The monoisotopic (exact) mass is 321 g/mol. The molecule has 18 heavy (non-hydrogen) atoms. The molecule has 3 rings (SSSR count). The average Bonchev–Trinajstić information content (AvgIpc) is 2.81. The summed E-state index contributed by atoms with van der Waals surface area (Å²) in [5, 5.41) is 7.87. The van der Waals surface area contributed by atoms with E-state index in [-0.39, 0.29) is 0 Å². The molecule has 1 nitrogen and oxygen atoms in total. The van der Waals surface area contributed by atoms with Crippen LogP contribution in [0.4, 0.5) is 0 Å². The maximum Gasteiger partial charge on any atom is 0.0206 e. The molecule has 0 saturated carbocycles. The van der Waals surface area contributed by atoms with Crippen LogP contribution in [0.15, 0.2) is 45.6 Å². The van der Waals surface area contributed by atoms with Gasteiger partial charge in [0.15, 0.2) is 0 Å². The fraction of sp³-hybridized carbons (Fsp3) is 0.333. The Kier molecular flexibility index (Phi) is 3.55. The molecule has 0 radical (unpaired) electrons. The standard InChI is InChI=1S/C15H16BrNS/c16-14-3-1-2-13(8-14)15(10-17-11-15)6-4-12-5-7-18-9-12/h1-3,5,7-9,17H,4,6,10-11H2. The minimum Gasteiger partial charge on any atom is -0.315 e. The number of aryl methyl sites for hydroxylation is 1. The van der Waals surface area contributed by atoms with Gasteiger partial charge in [-0.05, 0) is 52.9 Å². The minimum atomic E-state index is 0.339. The highest BCUT2D eigenvalue weighted by Crippen LogP contribution is 2.34. The van der Waals surface area contributed by atoms with Crippen LogP contribution < -0.4 is 5.32 Å². The summed E-state index contributed by atoms with van der Waals surface area (Å²) < 4.78 is 1.18. The van der Waals surface area contributed by atoms with E-state index in [9.17, 15) is 0 Å². The van der Waals surface area contributed by atoms with Crippen LogP contribution >= 0.6 is 27.3 Å². The number of benzene rings is 1. The van der Waals surface area contributed by atoms with Crippen molar-refractivity contribution in [1.82, 2.24) is 5.32 Å². The molecule has 1 aromatic carbocycles. The second kappa shape index (κ2) is 5.16. The number of halogens is 1. The van der Waals surface area contributed by atoms with Crippen molar-refractivity contribution in [2.75, 3.05) is 13.1 Å². The average molecular weight is 322 g/mol. The summed E-state index contributed by atoms with van der Waals surface area (Å²) >= 11 is 5.37. The zero-order chi connectivity index (χ0) is 12.4. The van der Waals surface area contributed by atoms with E-state index >= 15 is 0 Å². The molecular weight excluding hydrogens is 306 g/mol. The highest BCUT2D eigenvalue weighted by Gasteiger charge is 2.38. The molecule has 1 aliphatic rings. The molecule has 1 saturated heterocycles. The summed E-state index contributed by atoms with van der Waals surface area (Å²) in [6.45, 7) is 2.21. The van der Waals surface area contributed by atoms with Crippen molar-refractivity contribution < 1.29 is 0 Å². The van der Waals surface area contributed by atoms with Crippen molar-refractivity contribution in [2.24, 2.45) is 0 Å². The van der Waals surface area contributed by atoms with Crippen LogP contribution in [0.3, 0.4) is 0 Å². The summed E-state index contributed by atoms with van der Waals surface area (Å²) in [6.07, 6.45) is 2.41. The maximum absolute atomic E-state index is 3.58. The van der Waals surface area contributed by atoms with Gasteiger partial charge in [-0.15, -0.1) is 0 Å². The Balaban J connectivity index is 1.78. The van der Waals surface area contributed by atoms with Gasteiger partial charge in [0.1, 0.15) is 0 Å². The van der Waals surface area contributed by atoms with Crippen LogP contribution in [-0.2, 0) is 11.8 Å². The second-order valence-corrected chi connectivity index (χ2v) is 6.72. The van der Waals surface area contributed by atoms with E-state index in [4.69, 9.17) is 0 Å². The first kappa shape index (κ1) is 12.4.